The number of nitrogen functional groups attached to an aromatic ring is 1. The van der Waals surface area contributed by atoms with Gasteiger partial charge in [-0.25, -0.2) is 4.39 Å². The molecule has 0 saturated heterocycles. The maximum Gasteiger partial charge on any atom is 0.107 e. The molecule has 6 heteroatoms. The average Bonchev–Trinajstić information content (AvgIpc) is 2.63. The number of halogens is 4. The molecule has 2 nitrogen and oxygen atoms in total. The summed E-state index contributed by atoms with van der Waals surface area (Å²) in [7, 11) is 0. The van der Waals surface area contributed by atoms with E-state index in [0.717, 1.165) is 20.3 Å². The summed E-state index contributed by atoms with van der Waals surface area (Å²) in [5.41, 5.74) is 12.1. The largest absolute Gasteiger partial charge is 0.399 e. The Morgan fingerprint density at radius 3 is 1.52 bits per heavy atom. The SMILES string of the molecule is CCCF.Cc1cc(N)cc(C)c1Br.Cc1cc(NCCF)cc(C)c1Br. The highest BCUT2D eigenvalue weighted by Crippen LogP contribution is 2.25. The number of benzene rings is 2. The molecule has 0 radical (unpaired) electrons. The molecule has 2 aromatic rings. The zero-order chi connectivity index (χ0) is 21.0. The van der Waals surface area contributed by atoms with Crippen LogP contribution in [0.3, 0.4) is 0 Å². The fraction of sp³-hybridized carbons (Fsp3) is 0.429. The Bertz CT molecular complexity index is 659. The van der Waals surface area contributed by atoms with Gasteiger partial charge in [0.2, 0.25) is 0 Å². The average molecular weight is 508 g/mol. The predicted molar refractivity (Wildman–Crippen MR) is 122 cm³/mol. The van der Waals surface area contributed by atoms with Crippen LogP contribution in [0.1, 0.15) is 35.6 Å². The van der Waals surface area contributed by atoms with E-state index in [-0.39, 0.29) is 13.3 Å². The van der Waals surface area contributed by atoms with Crippen molar-refractivity contribution in [3.05, 3.63) is 55.5 Å². The van der Waals surface area contributed by atoms with Gasteiger partial charge >= 0.3 is 0 Å². The molecule has 0 amide bonds. The summed E-state index contributed by atoms with van der Waals surface area (Å²) in [5.74, 6) is 0. The van der Waals surface area contributed by atoms with E-state index in [1.807, 2.05) is 52.0 Å². The molecule has 0 bridgehead atoms. The standard InChI is InChI=1S/C10H13BrFN.C8H10BrN.C3H7F/c1-7-5-9(13-4-3-12)6-8(2)10(7)11;1-5-3-7(10)4-6(2)8(5)9;1-2-3-4/h5-6,13H,3-4H2,1-2H3;3-4H,10H2,1-2H3;2-3H2,1H3. The molecule has 2 rings (SSSR count). The number of hydrogen-bond donors (Lipinski definition) is 2. The van der Waals surface area contributed by atoms with E-state index in [1.54, 1.807) is 6.92 Å². The zero-order valence-corrected chi connectivity index (χ0v) is 19.9. The molecule has 0 aliphatic carbocycles. The van der Waals surface area contributed by atoms with Crippen LogP contribution < -0.4 is 11.1 Å². The van der Waals surface area contributed by atoms with Gasteiger partial charge in [0, 0.05) is 26.9 Å². The Kier molecular flexibility index (Phi) is 13.4. The lowest BCUT2D eigenvalue weighted by Gasteiger charge is -2.08. The molecule has 0 spiro atoms. The van der Waals surface area contributed by atoms with Crippen LogP contribution in [0.4, 0.5) is 20.2 Å². The summed E-state index contributed by atoms with van der Waals surface area (Å²) < 4.78 is 24.9. The molecular formula is C21H30Br2F2N2. The third-order valence-corrected chi connectivity index (χ3v) is 6.01. The number of nitrogens with two attached hydrogens (primary N) is 1. The summed E-state index contributed by atoms with van der Waals surface area (Å²) in [4.78, 5) is 0. The Morgan fingerprint density at radius 1 is 0.815 bits per heavy atom. The van der Waals surface area contributed by atoms with E-state index in [2.05, 4.69) is 37.2 Å². The van der Waals surface area contributed by atoms with Crippen molar-refractivity contribution < 1.29 is 8.78 Å². The van der Waals surface area contributed by atoms with Crippen molar-refractivity contribution in [2.24, 2.45) is 0 Å². The van der Waals surface area contributed by atoms with Gasteiger partial charge in [-0.1, -0.05) is 38.8 Å². The van der Waals surface area contributed by atoms with E-state index in [0.29, 0.717) is 13.0 Å². The Morgan fingerprint density at radius 2 is 1.19 bits per heavy atom. The number of aryl methyl sites for hydroxylation is 4. The fourth-order valence-electron chi connectivity index (χ4n) is 2.22. The summed E-state index contributed by atoms with van der Waals surface area (Å²) in [5, 5.41) is 3.01. The molecule has 0 aliphatic rings. The first-order valence-electron chi connectivity index (χ1n) is 8.82. The second-order valence-electron chi connectivity index (χ2n) is 6.20. The predicted octanol–water partition coefficient (Wildman–Crippen LogP) is 7.46. The molecule has 3 N–H and O–H groups in total. The smallest absolute Gasteiger partial charge is 0.107 e. The highest BCUT2D eigenvalue weighted by atomic mass is 79.9. The number of alkyl halides is 2. The minimum absolute atomic E-state index is 0.181. The van der Waals surface area contributed by atoms with E-state index in [1.165, 1.54) is 22.3 Å². The number of hydrogen-bond acceptors (Lipinski definition) is 2. The summed E-state index contributed by atoms with van der Waals surface area (Å²) >= 11 is 6.94. The van der Waals surface area contributed by atoms with Gasteiger partial charge < -0.3 is 11.1 Å². The van der Waals surface area contributed by atoms with Crippen molar-refractivity contribution in [3.8, 4) is 0 Å². The number of nitrogens with one attached hydrogen (secondary N) is 1. The molecular weight excluding hydrogens is 478 g/mol. The van der Waals surface area contributed by atoms with E-state index >= 15 is 0 Å². The van der Waals surface area contributed by atoms with Crippen molar-refractivity contribution in [2.75, 3.05) is 30.9 Å². The molecule has 0 heterocycles. The van der Waals surface area contributed by atoms with E-state index in [9.17, 15) is 8.78 Å². The molecule has 27 heavy (non-hydrogen) atoms. The lowest BCUT2D eigenvalue weighted by molar-refractivity contribution is 0.487. The summed E-state index contributed by atoms with van der Waals surface area (Å²) in [6, 6.07) is 7.92. The Balaban J connectivity index is 0.000000428. The van der Waals surface area contributed by atoms with Crippen LogP contribution in [0.5, 0.6) is 0 Å². The van der Waals surface area contributed by atoms with Gasteiger partial charge in [0.05, 0.1) is 6.67 Å². The van der Waals surface area contributed by atoms with Crippen LogP contribution in [-0.4, -0.2) is 19.9 Å². The van der Waals surface area contributed by atoms with Crippen LogP contribution in [0.25, 0.3) is 0 Å². The highest BCUT2D eigenvalue weighted by Gasteiger charge is 2.01. The van der Waals surface area contributed by atoms with Crippen molar-refractivity contribution in [2.45, 2.75) is 41.0 Å². The summed E-state index contributed by atoms with van der Waals surface area (Å²) in [6.07, 6.45) is 0.653. The minimum Gasteiger partial charge on any atom is -0.399 e. The zero-order valence-electron chi connectivity index (χ0n) is 16.7. The van der Waals surface area contributed by atoms with Gasteiger partial charge in [-0.3, -0.25) is 4.39 Å². The van der Waals surface area contributed by atoms with Crippen LogP contribution in [0.2, 0.25) is 0 Å². The van der Waals surface area contributed by atoms with E-state index < -0.39 is 0 Å². The van der Waals surface area contributed by atoms with Gasteiger partial charge in [0.15, 0.2) is 0 Å². The maximum atomic E-state index is 11.9. The van der Waals surface area contributed by atoms with Gasteiger partial charge in [-0.2, -0.15) is 0 Å². The van der Waals surface area contributed by atoms with Crippen molar-refractivity contribution in [3.63, 3.8) is 0 Å². The van der Waals surface area contributed by atoms with Crippen LogP contribution in [0.15, 0.2) is 33.2 Å². The molecule has 0 aromatic heterocycles. The summed E-state index contributed by atoms with van der Waals surface area (Å²) in [6.45, 7) is 9.78. The molecule has 2 aromatic carbocycles. The molecule has 0 fully saturated rings. The first-order valence-corrected chi connectivity index (χ1v) is 10.4. The monoisotopic (exact) mass is 506 g/mol. The Hall–Kier alpha value is -1.14. The molecule has 0 aliphatic heterocycles. The lowest BCUT2D eigenvalue weighted by Crippen LogP contribution is -2.03. The number of rotatable bonds is 4. The van der Waals surface area contributed by atoms with Gasteiger partial charge in [-0.05, 0) is 80.6 Å². The third-order valence-electron chi connectivity index (χ3n) is 3.51. The normalized spacial score (nSPS) is 9.67. The first-order chi connectivity index (χ1) is 12.7. The van der Waals surface area contributed by atoms with Crippen molar-refractivity contribution in [1.29, 1.82) is 0 Å². The fourth-order valence-corrected chi connectivity index (χ4v) is 2.68. The van der Waals surface area contributed by atoms with Crippen LogP contribution >= 0.6 is 31.9 Å². The molecule has 0 saturated carbocycles. The molecule has 0 atom stereocenters. The number of anilines is 2. The third kappa shape index (κ3) is 10.1. The van der Waals surface area contributed by atoms with Crippen molar-refractivity contribution in [1.82, 2.24) is 0 Å². The van der Waals surface area contributed by atoms with Crippen LogP contribution in [-0.2, 0) is 0 Å². The molecule has 152 valence electrons. The van der Waals surface area contributed by atoms with Gasteiger partial charge in [-0.15, -0.1) is 0 Å². The maximum absolute atomic E-state index is 11.9. The first kappa shape index (κ1) is 25.9. The highest BCUT2D eigenvalue weighted by molar-refractivity contribution is 9.10. The van der Waals surface area contributed by atoms with Gasteiger partial charge in [0.25, 0.3) is 0 Å². The minimum atomic E-state index is -0.339. The second kappa shape index (κ2) is 13.9. The second-order valence-corrected chi connectivity index (χ2v) is 7.78. The quantitative estimate of drug-likeness (QED) is 0.421. The molecule has 0 unspecified atom stereocenters. The van der Waals surface area contributed by atoms with E-state index in [4.69, 9.17) is 5.73 Å². The van der Waals surface area contributed by atoms with Crippen LogP contribution in [0, 0.1) is 27.7 Å². The topological polar surface area (TPSA) is 38.0 Å². The Labute approximate surface area is 179 Å². The van der Waals surface area contributed by atoms with Gasteiger partial charge in [0.1, 0.15) is 6.67 Å². The lowest BCUT2D eigenvalue weighted by atomic mass is 10.1. The van der Waals surface area contributed by atoms with Crippen molar-refractivity contribution >= 4 is 43.2 Å².